The van der Waals surface area contributed by atoms with Crippen LogP contribution < -0.4 is 5.32 Å². The van der Waals surface area contributed by atoms with Gasteiger partial charge in [0.05, 0.1) is 5.69 Å². The Morgan fingerprint density at radius 3 is 2.45 bits per heavy atom. The first-order chi connectivity index (χ1) is 9.54. The highest BCUT2D eigenvalue weighted by Gasteiger charge is 2.05. The standard InChI is InChI=1S/C15H10BrF2NO/c16-11-4-1-10(2-5-11)3-8-15(20)19-14-7-6-12(17)9-13(14)18/h1-9H,(H,19,20)/b8-3-. The molecule has 0 heterocycles. The molecule has 1 N–H and O–H groups in total. The molecule has 0 aliphatic rings. The molecule has 2 aromatic rings. The molecule has 2 rings (SSSR count). The van der Waals surface area contributed by atoms with Gasteiger partial charge in [0, 0.05) is 16.6 Å². The van der Waals surface area contributed by atoms with E-state index in [1.807, 2.05) is 24.3 Å². The summed E-state index contributed by atoms with van der Waals surface area (Å²) in [7, 11) is 0. The number of rotatable bonds is 3. The van der Waals surface area contributed by atoms with E-state index in [-0.39, 0.29) is 5.69 Å². The second-order valence-corrected chi connectivity index (χ2v) is 4.91. The lowest BCUT2D eigenvalue weighted by Crippen LogP contribution is -2.09. The molecule has 0 saturated carbocycles. The number of amides is 1. The smallest absolute Gasteiger partial charge is 0.248 e. The highest BCUT2D eigenvalue weighted by Crippen LogP contribution is 2.15. The van der Waals surface area contributed by atoms with Crippen molar-refractivity contribution in [2.45, 2.75) is 0 Å². The highest BCUT2D eigenvalue weighted by molar-refractivity contribution is 9.10. The van der Waals surface area contributed by atoms with E-state index in [0.717, 1.165) is 16.1 Å². The third-order valence-electron chi connectivity index (χ3n) is 2.49. The number of halogens is 3. The van der Waals surface area contributed by atoms with Crippen LogP contribution in [0.15, 0.2) is 53.0 Å². The molecule has 2 nitrogen and oxygen atoms in total. The third-order valence-corrected chi connectivity index (χ3v) is 3.01. The van der Waals surface area contributed by atoms with Gasteiger partial charge in [-0.25, -0.2) is 8.78 Å². The lowest BCUT2D eigenvalue weighted by molar-refractivity contribution is -0.111. The Bertz CT molecular complexity index is 653. The molecule has 0 aromatic heterocycles. The van der Waals surface area contributed by atoms with Crippen molar-refractivity contribution in [3.8, 4) is 0 Å². The van der Waals surface area contributed by atoms with Gasteiger partial charge < -0.3 is 5.32 Å². The SMILES string of the molecule is O=C(/C=C\c1ccc(Br)cc1)Nc1ccc(F)cc1F. The number of carbonyl (C=O) groups is 1. The predicted molar refractivity (Wildman–Crippen MR) is 78.2 cm³/mol. The van der Waals surface area contributed by atoms with Crippen LogP contribution in [-0.2, 0) is 4.79 Å². The summed E-state index contributed by atoms with van der Waals surface area (Å²) in [6.45, 7) is 0. The fraction of sp³-hybridized carbons (Fsp3) is 0. The van der Waals surface area contributed by atoms with Gasteiger partial charge in [-0.2, -0.15) is 0 Å². The van der Waals surface area contributed by atoms with Crippen LogP contribution in [0.2, 0.25) is 0 Å². The van der Waals surface area contributed by atoms with Crippen LogP contribution in [0.4, 0.5) is 14.5 Å². The van der Waals surface area contributed by atoms with Crippen molar-refractivity contribution < 1.29 is 13.6 Å². The van der Waals surface area contributed by atoms with E-state index in [9.17, 15) is 13.6 Å². The number of anilines is 1. The zero-order valence-electron chi connectivity index (χ0n) is 10.2. The summed E-state index contributed by atoms with van der Waals surface area (Å²) in [5.41, 5.74) is 0.778. The van der Waals surface area contributed by atoms with Crippen LogP contribution in [0.1, 0.15) is 5.56 Å². The van der Waals surface area contributed by atoms with E-state index >= 15 is 0 Å². The second-order valence-electron chi connectivity index (χ2n) is 4.00. The Balaban J connectivity index is 2.03. The normalized spacial score (nSPS) is 10.8. The van der Waals surface area contributed by atoms with Crippen molar-refractivity contribution in [3.05, 3.63) is 70.2 Å². The summed E-state index contributed by atoms with van der Waals surface area (Å²) in [6, 6.07) is 10.3. The second kappa shape index (κ2) is 6.43. The molecule has 0 bridgehead atoms. The molecule has 102 valence electrons. The molecular formula is C15H10BrF2NO. The number of benzene rings is 2. The lowest BCUT2D eigenvalue weighted by atomic mass is 10.2. The minimum absolute atomic E-state index is 0.0585. The van der Waals surface area contributed by atoms with E-state index in [1.54, 1.807) is 6.08 Å². The van der Waals surface area contributed by atoms with Gasteiger partial charge in [0.25, 0.3) is 0 Å². The fourth-order valence-corrected chi connectivity index (χ4v) is 1.78. The van der Waals surface area contributed by atoms with Crippen LogP contribution in [0.3, 0.4) is 0 Å². The minimum atomic E-state index is -0.810. The van der Waals surface area contributed by atoms with Gasteiger partial charge in [-0.15, -0.1) is 0 Å². The monoisotopic (exact) mass is 337 g/mol. The van der Waals surface area contributed by atoms with Gasteiger partial charge in [0.1, 0.15) is 11.6 Å². The average molecular weight is 338 g/mol. The van der Waals surface area contributed by atoms with E-state index in [2.05, 4.69) is 21.2 Å². The van der Waals surface area contributed by atoms with Gasteiger partial charge in [-0.05, 0) is 35.9 Å². The van der Waals surface area contributed by atoms with Crippen LogP contribution in [0.25, 0.3) is 6.08 Å². The fourth-order valence-electron chi connectivity index (χ4n) is 1.51. The molecule has 0 aliphatic heterocycles. The topological polar surface area (TPSA) is 29.1 Å². The molecule has 1 amide bonds. The van der Waals surface area contributed by atoms with E-state index in [4.69, 9.17) is 0 Å². The van der Waals surface area contributed by atoms with Crippen molar-refractivity contribution in [2.24, 2.45) is 0 Å². The quantitative estimate of drug-likeness (QED) is 0.827. The largest absolute Gasteiger partial charge is 0.320 e. The Hall–Kier alpha value is -2.01. The Labute approximate surface area is 123 Å². The van der Waals surface area contributed by atoms with Crippen LogP contribution >= 0.6 is 15.9 Å². The van der Waals surface area contributed by atoms with Gasteiger partial charge in [0.2, 0.25) is 5.91 Å². The highest BCUT2D eigenvalue weighted by atomic mass is 79.9. The first kappa shape index (κ1) is 14.4. The Kier molecular flexibility index (Phi) is 4.63. The summed E-state index contributed by atoms with van der Waals surface area (Å²) in [5, 5.41) is 2.34. The molecule has 0 aliphatic carbocycles. The maximum atomic E-state index is 13.3. The van der Waals surface area contributed by atoms with Gasteiger partial charge in [-0.3, -0.25) is 4.79 Å². The Morgan fingerprint density at radius 1 is 1.10 bits per heavy atom. The van der Waals surface area contributed by atoms with Crippen molar-refractivity contribution >= 4 is 33.6 Å². The molecule has 2 aromatic carbocycles. The van der Waals surface area contributed by atoms with Crippen LogP contribution in [0.5, 0.6) is 0 Å². The van der Waals surface area contributed by atoms with E-state index in [1.165, 1.54) is 12.1 Å². The van der Waals surface area contributed by atoms with Crippen LogP contribution in [-0.4, -0.2) is 5.91 Å². The third kappa shape index (κ3) is 3.99. The summed E-state index contributed by atoms with van der Waals surface area (Å²) in [5.74, 6) is -1.99. The molecule has 0 saturated heterocycles. The molecule has 0 spiro atoms. The number of hydrogen-bond acceptors (Lipinski definition) is 1. The molecule has 0 unspecified atom stereocenters. The van der Waals surface area contributed by atoms with Crippen molar-refractivity contribution in [1.82, 2.24) is 0 Å². The summed E-state index contributed by atoms with van der Waals surface area (Å²) >= 11 is 3.31. The van der Waals surface area contributed by atoms with Crippen molar-refractivity contribution in [3.63, 3.8) is 0 Å². The first-order valence-corrected chi connectivity index (χ1v) is 6.53. The van der Waals surface area contributed by atoms with Crippen molar-refractivity contribution in [2.75, 3.05) is 5.32 Å². The summed E-state index contributed by atoms with van der Waals surface area (Å²) in [6.07, 6.45) is 2.88. The molecular weight excluding hydrogens is 328 g/mol. The lowest BCUT2D eigenvalue weighted by Gasteiger charge is -2.03. The zero-order valence-corrected chi connectivity index (χ0v) is 11.8. The maximum absolute atomic E-state index is 13.3. The molecule has 0 atom stereocenters. The predicted octanol–water partition coefficient (Wildman–Crippen LogP) is 4.38. The number of hydrogen-bond donors (Lipinski definition) is 1. The zero-order chi connectivity index (χ0) is 14.5. The molecule has 20 heavy (non-hydrogen) atoms. The molecule has 0 radical (unpaired) electrons. The summed E-state index contributed by atoms with van der Waals surface area (Å²) < 4.78 is 27.0. The first-order valence-electron chi connectivity index (χ1n) is 5.74. The number of carbonyl (C=O) groups excluding carboxylic acids is 1. The van der Waals surface area contributed by atoms with E-state index < -0.39 is 17.5 Å². The Morgan fingerprint density at radius 2 is 1.80 bits per heavy atom. The summed E-state index contributed by atoms with van der Waals surface area (Å²) in [4.78, 5) is 11.6. The van der Waals surface area contributed by atoms with E-state index in [0.29, 0.717) is 6.07 Å². The van der Waals surface area contributed by atoms with Crippen LogP contribution in [0, 0.1) is 11.6 Å². The van der Waals surface area contributed by atoms with Crippen molar-refractivity contribution in [1.29, 1.82) is 0 Å². The van der Waals surface area contributed by atoms with Gasteiger partial charge >= 0.3 is 0 Å². The number of nitrogens with one attached hydrogen (secondary N) is 1. The van der Waals surface area contributed by atoms with Gasteiger partial charge in [0.15, 0.2) is 0 Å². The van der Waals surface area contributed by atoms with Gasteiger partial charge in [-0.1, -0.05) is 28.1 Å². The molecule has 5 heteroatoms. The maximum Gasteiger partial charge on any atom is 0.248 e. The minimum Gasteiger partial charge on any atom is -0.320 e. The average Bonchev–Trinajstić information content (AvgIpc) is 2.41. The molecule has 0 fully saturated rings.